The summed E-state index contributed by atoms with van der Waals surface area (Å²) in [4.78, 5) is 11.9. The van der Waals surface area contributed by atoms with E-state index in [0.717, 1.165) is 38.5 Å². The average Bonchev–Trinajstić information content (AvgIpc) is 2.46. The third kappa shape index (κ3) is 2.10. The van der Waals surface area contributed by atoms with Gasteiger partial charge in [-0.2, -0.15) is 0 Å². The first-order valence-electron chi connectivity index (χ1n) is 8.83. The topological polar surface area (TPSA) is 37.3 Å². The lowest BCUT2D eigenvalue weighted by molar-refractivity contribution is -0.160. The van der Waals surface area contributed by atoms with Gasteiger partial charge >= 0.3 is 5.97 Å². The molecule has 0 saturated heterocycles. The van der Waals surface area contributed by atoms with Gasteiger partial charge in [0.25, 0.3) is 0 Å². The second-order valence-corrected chi connectivity index (χ2v) is 8.75. The molecule has 0 heterocycles. The van der Waals surface area contributed by atoms with E-state index in [2.05, 4.69) is 32.6 Å². The highest BCUT2D eigenvalue weighted by atomic mass is 16.4. The monoisotopic (exact) mass is 302 g/mol. The van der Waals surface area contributed by atoms with Crippen LogP contribution in [0.25, 0.3) is 0 Å². The standard InChI is InChI=1S/C20H30O2/c1-5-18(2)12-9-15-14(13-18)7-8-16-19(15,3)10-6-11-20(16,4)17(21)22/h5,9,14,16H,1,6-8,10-13H2,2-4H3,(H,21,22)/t14-,16+,18-,19+,20+/m1/s1. The summed E-state index contributed by atoms with van der Waals surface area (Å²) in [5.74, 6) is 0.338. The van der Waals surface area contributed by atoms with Crippen molar-refractivity contribution in [2.75, 3.05) is 0 Å². The molecule has 2 fully saturated rings. The van der Waals surface area contributed by atoms with Crippen LogP contribution in [0.5, 0.6) is 0 Å². The quantitative estimate of drug-likeness (QED) is 0.711. The Morgan fingerprint density at radius 1 is 1.32 bits per heavy atom. The summed E-state index contributed by atoms with van der Waals surface area (Å²) in [5, 5.41) is 9.84. The maximum atomic E-state index is 11.9. The fourth-order valence-electron chi connectivity index (χ4n) is 5.87. The Labute approximate surface area is 134 Å². The number of hydrogen-bond donors (Lipinski definition) is 1. The molecule has 2 saturated carbocycles. The molecule has 0 unspecified atom stereocenters. The normalized spacial score (nSPS) is 47.9. The number of aliphatic carboxylic acids is 1. The number of rotatable bonds is 2. The molecule has 0 aromatic carbocycles. The lowest BCUT2D eigenvalue weighted by Gasteiger charge is -2.58. The molecule has 2 heteroatoms. The smallest absolute Gasteiger partial charge is 0.309 e. The maximum absolute atomic E-state index is 11.9. The van der Waals surface area contributed by atoms with Gasteiger partial charge in [0, 0.05) is 0 Å². The molecule has 0 aromatic heterocycles. The van der Waals surface area contributed by atoms with E-state index < -0.39 is 11.4 Å². The average molecular weight is 302 g/mol. The molecule has 0 amide bonds. The molecule has 1 N–H and O–H groups in total. The van der Waals surface area contributed by atoms with Gasteiger partial charge in [-0.1, -0.05) is 38.0 Å². The van der Waals surface area contributed by atoms with Crippen molar-refractivity contribution in [3.63, 3.8) is 0 Å². The lowest BCUT2D eigenvalue weighted by atomic mass is 9.46. The van der Waals surface area contributed by atoms with Crippen molar-refractivity contribution in [2.24, 2.45) is 28.1 Å². The minimum Gasteiger partial charge on any atom is -0.481 e. The Hall–Kier alpha value is -1.05. The fourth-order valence-corrected chi connectivity index (χ4v) is 5.87. The number of carboxylic acids is 1. The summed E-state index contributed by atoms with van der Waals surface area (Å²) in [6.07, 6.45) is 12.1. The second kappa shape index (κ2) is 4.97. The van der Waals surface area contributed by atoms with Crippen LogP contribution in [0.1, 0.15) is 65.7 Å². The number of carboxylic acid groups (broad SMARTS) is 1. The van der Waals surface area contributed by atoms with Crippen LogP contribution in [-0.2, 0) is 4.79 Å². The SMILES string of the molecule is C=C[C@]1(C)CC=C2[C@H](CC[C@H]3[C@@]2(C)CCC[C@]3(C)C(=O)O)C1. The Bertz CT molecular complexity index is 534. The van der Waals surface area contributed by atoms with Crippen molar-refractivity contribution in [2.45, 2.75) is 65.7 Å². The predicted octanol–water partition coefficient (Wildman–Crippen LogP) is 5.21. The Morgan fingerprint density at radius 3 is 2.68 bits per heavy atom. The summed E-state index contributed by atoms with van der Waals surface area (Å²) in [5.41, 5.74) is 1.35. The van der Waals surface area contributed by atoms with Crippen LogP contribution < -0.4 is 0 Å². The van der Waals surface area contributed by atoms with Gasteiger partial charge in [-0.05, 0) is 68.1 Å². The highest BCUT2D eigenvalue weighted by molar-refractivity contribution is 5.75. The van der Waals surface area contributed by atoms with Crippen LogP contribution in [0.2, 0.25) is 0 Å². The molecule has 22 heavy (non-hydrogen) atoms. The maximum Gasteiger partial charge on any atom is 0.309 e. The van der Waals surface area contributed by atoms with Gasteiger partial charge in [-0.3, -0.25) is 4.79 Å². The molecular formula is C20H30O2. The van der Waals surface area contributed by atoms with Gasteiger partial charge in [0.05, 0.1) is 5.41 Å². The van der Waals surface area contributed by atoms with Gasteiger partial charge in [0.15, 0.2) is 0 Å². The third-order valence-electron chi connectivity index (χ3n) is 7.32. The molecule has 0 aliphatic heterocycles. The van der Waals surface area contributed by atoms with Crippen molar-refractivity contribution in [1.82, 2.24) is 0 Å². The molecule has 0 bridgehead atoms. The van der Waals surface area contributed by atoms with E-state index in [1.807, 2.05) is 6.92 Å². The zero-order chi connectivity index (χ0) is 16.2. The molecule has 3 aliphatic carbocycles. The fraction of sp³-hybridized carbons (Fsp3) is 0.750. The molecule has 3 rings (SSSR count). The zero-order valence-electron chi connectivity index (χ0n) is 14.3. The predicted molar refractivity (Wildman–Crippen MR) is 89.5 cm³/mol. The Morgan fingerprint density at radius 2 is 2.05 bits per heavy atom. The van der Waals surface area contributed by atoms with Crippen molar-refractivity contribution in [3.8, 4) is 0 Å². The second-order valence-electron chi connectivity index (χ2n) is 8.75. The Balaban J connectivity index is 1.99. The molecule has 0 aromatic rings. The van der Waals surface area contributed by atoms with Crippen molar-refractivity contribution in [3.05, 3.63) is 24.3 Å². The van der Waals surface area contributed by atoms with Gasteiger partial charge in [-0.15, -0.1) is 6.58 Å². The minimum atomic E-state index is -0.589. The largest absolute Gasteiger partial charge is 0.481 e. The summed E-state index contributed by atoms with van der Waals surface area (Å²) in [7, 11) is 0. The van der Waals surface area contributed by atoms with Crippen molar-refractivity contribution in [1.29, 1.82) is 0 Å². The molecule has 3 aliphatic rings. The molecule has 5 atom stereocenters. The van der Waals surface area contributed by atoms with E-state index in [4.69, 9.17) is 0 Å². The van der Waals surface area contributed by atoms with Gasteiger partial charge in [0.2, 0.25) is 0 Å². The van der Waals surface area contributed by atoms with E-state index in [-0.39, 0.29) is 10.8 Å². The van der Waals surface area contributed by atoms with E-state index >= 15 is 0 Å². The van der Waals surface area contributed by atoms with Crippen LogP contribution in [0.4, 0.5) is 0 Å². The Kier molecular flexibility index (Phi) is 3.58. The van der Waals surface area contributed by atoms with Gasteiger partial charge in [-0.25, -0.2) is 0 Å². The highest BCUT2D eigenvalue weighted by Gasteiger charge is 2.57. The van der Waals surface area contributed by atoms with Crippen LogP contribution in [0.3, 0.4) is 0 Å². The minimum absolute atomic E-state index is 0.0941. The first-order chi connectivity index (χ1) is 10.3. The molecule has 2 nitrogen and oxygen atoms in total. The van der Waals surface area contributed by atoms with Crippen LogP contribution in [0.15, 0.2) is 24.3 Å². The van der Waals surface area contributed by atoms with E-state index in [0.29, 0.717) is 11.8 Å². The number of fused-ring (bicyclic) bond motifs is 3. The molecular weight excluding hydrogens is 272 g/mol. The highest BCUT2D eigenvalue weighted by Crippen LogP contribution is 2.63. The van der Waals surface area contributed by atoms with Crippen LogP contribution in [-0.4, -0.2) is 11.1 Å². The summed E-state index contributed by atoms with van der Waals surface area (Å²) < 4.78 is 0. The number of allylic oxidation sites excluding steroid dienone is 3. The molecule has 0 radical (unpaired) electrons. The summed E-state index contributed by atoms with van der Waals surface area (Å²) >= 11 is 0. The lowest BCUT2D eigenvalue weighted by Crippen LogP contribution is -2.52. The third-order valence-corrected chi connectivity index (χ3v) is 7.32. The van der Waals surface area contributed by atoms with E-state index in [1.165, 1.54) is 6.42 Å². The summed E-state index contributed by atoms with van der Waals surface area (Å²) in [6.45, 7) is 10.7. The van der Waals surface area contributed by atoms with Gasteiger partial charge in [0.1, 0.15) is 0 Å². The first-order valence-corrected chi connectivity index (χ1v) is 8.83. The van der Waals surface area contributed by atoms with Crippen molar-refractivity contribution >= 4 is 5.97 Å². The van der Waals surface area contributed by atoms with Gasteiger partial charge < -0.3 is 5.11 Å². The van der Waals surface area contributed by atoms with Crippen molar-refractivity contribution < 1.29 is 9.90 Å². The van der Waals surface area contributed by atoms with Crippen LogP contribution >= 0.6 is 0 Å². The van der Waals surface area contributed by atoms with E-state index in [1.54, 1.807) is 5.57 Å². The zero-order valence-corrected chi connectivity index (χ0v) is 14.3. The number of hydrogen-bond acceptors (Lipinski definition) is 1. The van der Waals surface area contributed by atoms with Crippen LogP contribution in [0, 0.1) is 28.1 Å². The first kappa shape index (κ1) is 15.8. The number of carbonyl (C=O) groups is 1. The van der Waals surface area contributed by atoms with E-state index in [9.17, 15) is 9.90 Å². The molecule has 122 valence electrons. The summed E-state index contributed by atoms with van der Waals surface area (Å²) in [6, 6.07) is 0. The molecule has 0 spiro atoms.